The molecule has 584 valence electrons. The Bertz CT molecular complexity index is 7910. The van der Waals surface area contributed by atoms with Crippen molar-refractivity contribution in [2.24, 2.45) is 0 Å². The Morgan fingerprint density at radius 2 is 0.504 bits per heavy atom. The molecule has 24 aromatic rings. The number of nitrogens with zero attached hydrogens (tertiary/aromatic N) is 4. The third-order valence-electron chi connectivity index (χ3n) is 22.9. The van der Waals surface area contributed by atoms with Crippen LogP contribution in [0.15, 0.2) is 462 Å². The van der Waals surface area contributed by atoms with E-state index in [0.29, 0.717) is 0 Å². The number of aromatic nitrogens is 1. The maximum atomic E-state index is 6.25. The molecule has 0 saturated carbocycles. The highest BCUT2D eigenvalue weighted by molar-refractivity contribution is 7.25. The van der Waals surface area contributed by atoms with E-state index in [1.54, 1.807) is 0 Å². The number of fused-ring (bicyclic) bond motifs is 16. The molecule has 0 amide bonds. The van der Waals surface area contributed by atoms with Gasteiger partial charge in [-0.2, -0.15) is 0 Å². The molecule has 24 rings (SSSR count). The normalized spacial score (nSPS) is 11.4. The first kappa shape index (κ1) is 73.1. The van der Waals surface area contributed by atoms with E-state index in [1.807, 2.05) is 78.1 Å². The van der Waals surface area contributed by atoms with Crippen LogP contribution in [0.5, 0.6) is 0 Å². The SMILES string of the molecule is c1ccc(N(c2ccccc2)c2ccc3c(c2)c2cc(Nc4ccc5ccccc5c4)ccc2n3-c2ccccc2)cc1.c1ccc(N(c2ccccc2)c2ccc3oc4ccc(Nc5ccc6oc7ccccc7c6c5)cc4c3c2)cc1.c1ccc(Nc2ccc3oc4ccc(N(c5ccccc5)c5ccc6c(c5)sc5ccccc56)cc4c3c2)cc1. The summed E-state index contributed by atoms with van der Waals surface area (Å²) in [6.07, 6.45) is 0. The molecule has 11 heteroatoms. The molecular weight excluding hydrogens is 1520 g/mol. The Balaban J connectivity index is 0.000000110. The molecule has 10 nitrogen and oxygen atoms in total. The fourth-order valence-corrected chi connectivity index (χ4v) is 18.4. The van der Waals surface area contributed by atoms with Crippen molar-refractivity contribution in [2.75, 3.05) is 30.7 Å². The Labute approximate surface area is 713 Å². The number of hydrogen-bond acceptors (Lipinski definition) is 10. The zero-order valence-corrected chi connectivity index (χ0v) is 67.5. The van der Waals surface area contributed by atoms with Crippen LogP contribution >= 0.6 is 11.3 Å². The molecule has 5 heterocycles. The summed E-state index contributed by atoms with van der Waals surface area (Å²) in [5.74, 6) is 0. The van der Waals surface area contributed by atoms with Gasteiger partial charge in [0.05, 0.1) is 11.0 Å². The summed E-state index contributed by atoms with van der Waals surface area (Å²) in [4.78, 5) is 6.92. The van der Waals surface area contributed by atoms with Crippen LogP contribution in [0.25, 0.3) is 124 Å². The van der Waals surface area contributed by atoms with Crippen molar-refractivity contribution in [3.05, 3.63) is 449 Å². The van der Waals surface area contributed by atoms with E-state index in [2.05, 4.69) is 417 Å². The zero-order valence-electron chi connectivity index (χ0n) is 66.6. The van der Waals surface area contributed by atoms with Gasteiger partial charge in [-0.15, -0.1) is 11.3 Å². The number of anilines is 15. The van der Waals surface area contributed by atoms with Crippen LogP contribution in [-0.2, 0) is 0 Å². The lowest BCUT2D eigenvalue weighted by atomic mass is 10.1. The number of rotatable bonds is 16. The lowest BCUT2D eigenvalue weighted by Gasteiger charge is -2.25. The molecule has 0 atom stereocenters. The predicted molar refractivity (Wildman–Crippen MR) is 519 cm³/mol. The predicted octanol–water partition coefficient (Wildman–Crippen LogP) is 33.0. The lowest BCUT2D eigenvalue weighted by molar-refractivity contribution is 0.668. The van der Waals surface area contributed by atoms with Crippen LogP contribution in [0.2, 0.25) is 0 Å². The van der Waals surface area contributed by atoms with E-state index < -0.39 is 0 Å². The highest BCUT2D eigenvalue weighted by Crippen LogP contribution is 2.47. The maximum Gasteiger partial charge on any atom is 0.135 e. The number of thiophene rings is 1. The fourth-order valence-electron chi connectivity index (χ4n) is 17.2. The summed E-state index contributed by atoms with van der Waals surface area (Å²) < 4.78 is 23.5. The van der Waals surface area contributed by atoms with Crippen molar-refractivity contribution in [2.45, 2.75) is 0 Å². The van der Waals surface area contributed by atoms with Gasteiger partial charge in [0.2, 0.25) is 0 Å². The average Bonchev–Trinajstić information content (AvgIpc) is 1.53. The van der Waals surface area contributed by atoms with Gasteiger partial charge in [0.25, 0.3) is 0 Å². The molecule has 0 aliphatic carbocycles. The molecule has 0 unspecified atom stereocenters. The molecule has 0 spiro atoms. The number of hydrogen-bond donors (Lipinski definition) is 3. The summed E-state index contributed by atoms with van der Waals surface area (Å²) in [5.41, 5.74) is 25.0. The van der Waals surface area contributed by atoms with Gasteiger partial charge in [-0.3, -0.25) is 0 Å². The number of benzene rings is 19. The van der Waals surface area contributed by atoms with Gasteiger partial charge in [-0.05, 0) is 259 Å². The van der Waals surface area contributed by atoms with Crippen LogP contribution in [-0.4, -0.2) is 4.57 Å². The third-order valence-corrected chi connectivity index (χ3v) is 24.0. The fraction of sp³-hybridized carbons (Fsp3) is 0. The van der Waals surface area contributed by atoms with Gasteiger partial charge in [-0.1, -0.05) is 200 Å². The van der Waals surface area contributed by atoms with E-state index in [-0.39, 0.29) is 0 Å². The maximum absolute atomic E-state index is 6.25. The minimum Gasteiger partial charge on any atom is -0.456 e. The van der Waals surface area contributed by atoms with Crippen molar-refractivity contribution < 1.29 is 13.3 Å². The van der Waals surface area contributed by atoms with Crippen molar-refractivity contribution in [1.82, 2.24) is 4.57 Å². The van der Waals surface area contributed by atoms with Crippen molar-refractivity contribution in [3.63, 3.8) is 0 Å². The molecule has 0 bridgehead atoms. The highest BCUT2D eigenvalue weighted by atomic mass is 32.1. The van der Waals surface area contributed by atoms with Gasteiger partial charge in [-0.25, -0.2) is 0 Å². The number of furan rings is 3. The zero-order chi connectivity index (χ0) is 81.5. The summed E-state index contributed by atoms with van der Waals surface area (Å²) in [6.45, 7) is 0. The van der Waals surface area contributed by atoms with E-state index in [4.69, 9.17) is 13.3 Å². The molecule has 0 aliphatic rings. The Kier molecular flexibility index (Phi) is 18.9. The van der Waals surface area contributed by atoms with Gasteiger partial charge in [0.15, 0.2) is 0 Å². The third kappa shape index (κ3) is 14.3. The topological polar surface area (TPSA) is 90.2 Å². The molecule has 5 aromatic heterocycles. The van der Waals surface area contributed by atoms with Gasteiger partial charge in [0.1, 0.15) is 33.5 Å². The van der Waals surface area contributed by atoms with Crippen molar-refractivity contribution >= 4 is 215 Å². The summed E-state index contributed by atoms with van der Waals surface area (Å²) in [7, 11) is 0. The second kappa shape index (κ2) is 31.8. The number of para-hydroxylation sites is 8. The van der Waals surface area contributed by atoms with Gasteiger partial charge < -0.3 is 48.5 Å². The standard InChI is InChI=1S/C40H29N3.C36H24N2O2.C36H24N2OS/c1-4-14-33(15-5-1)42(34-16-6-2-7-17-34)36-23-25-40-38(28-36)37-27-32(22-24-39(37)43(40)35-18-8-3-9-19-35)41-31-21-20-29-12-10-11-13-30(29)26-31;1-3-9-26(10-4-1)38(27-11-5-2-6-12-27)28-17-20-36-32(23-28)31-22-25(16-19-35(31)40-36)37-24-15-18-34-30(21-24)29-13-7-8-14-33(29)39-34;1-3-9-24(10-4-1)37-25-15-19-33-31(21-25)32-22-27(17-20-34(32)39-33)38(26-11-5-2-6-12-26)28-16-18-30-29-13-7-8-14-35(29)40-36(30)23-28/h1-28,41H;2*1-23,37H. The Hall–Kier alpha value is -16.3. The minimum absolute atomic E-state index is 0.861. The van der Waals surface area contributed by atoms with Gasteiger partial charge >= 0.3 is 0 Å². The second-order valence-electron chi connectivity index (χ2n) is 30.7. The van der Waals surface area contributed by atoms with E-state index >= 15 is 0 Å². The quantitative estimate of drug-likeness (QED) is 0.0875. The molecule has 3 N–H and O–H groups in total. The monoisotopic (exact) mass is 1600 g/mol. The van der Waals surface area contributed by atoms with Crippen LogP contribution in [0.4, 0.5) is 85.3 Å². The van der Waals surface area contributed by atoms with E-state index in [0.717, 1.165) is 157 Å². The molecule has 123 heavy (non-hydrogen) atoms. The van der Waals surface area contributed by atoms with E-state index in [9.17, 15) is 0 Å². The summed E-state index contributed by atoms with van der Waals surface area (Å²) >= 11 is 1.84. The molecule has 0 saturated heterocycles. The van der Waals surface area contributed by atoms with Gasteiger partial charge in [0, 0.05) is 154 Å². The molecule has 0 aliphatic heterocycles. The van der Waals surface area contributed by atoms with E-state index in [1.165, 1.54) is 52.8 Å². The minimum atomic E-state index is 0.861. The highest BCUT2D eigenvalue weighted by Gasteiger charge is 2.23. The Morgan fingerprint density at radius 3 is 1.02 bits per heavy atom. The van der Waals surface area contributed by atoms with Crippen LogP contribution in [0, 0.1) is 0 Å². The average molecular weight is 1600 g/mol. The van der Waals surface area contributed by atoms with Crippen LogP contribution < -0.4 is 30.7 Å². The molecule has 0 fully saturated rings. The summed E-state index contributed by atoms with van der Waals surface area (Å²) in [5, 5.41) is 24.8. The molecule has 19 aromatic carbocycles. The summed E-state index contributed by atoms with van der Waals surface area (Å²) in [6, 6.07) is 157. The molecule has 0 radical (unpaired) electrons. The number of nitrogens with one attached hydrogen (secondary N) is 3. The smallest absolute Gasteiger partial charge is 0.135 e. The second-order valence-corrected chi connectivity index (χ2v) is 31.7. The molecular formula is C112H77N7O3S. The van der Waals surface area contributed by atoms with Crippen LogP contribution in [0.3, 0.4) is 0 Å². The van der Waals surface area contributed by atoms with Crippen molar-refractivity contribution in [1.29, 1.82) is 0 Å². The first-order valence-electron chi connectivity index (χ1n) is 41.3. The van der Waals surface area contributed by atoms with Crippen LogP contribution in [0.1, 0.15) is 0 Å². The first-order chi connectivity index (χ1) is 60.9. The van der Waals surface area contributed by atoms with Crippen molar-refractivity contribution in [3.8, 4) is 5.69 Å². The first-order valence-corrected chi connectivity index (χ1v) is 42.1. The largest absolute Gasteiger partial charge is 0.456 e. The lowest BCUT2D eigenvalue weighted by Crippen LogP contribution is -2.09. The Morgan fingerprint density at radius 1 is 0.187 bits per heavy atom.